The fourth-order valence-electron chi connectivity index (χ4n) is 4.52. The Morgan fingerprint density at radius 1 is 1.25 bits per heavy atom. The van der Waals surface area contributed by atoms with E-state index in [9.17, 15) is 14.3 Å². The number of nitrogens with zero attached hydrogens (tertiary/aromatic N) is 3. The molecule has 1 aromatic carbocycles. The molecule has 0 radical (unpaired) electrons. The van der Waals surface area contributed by atoms with Gasteiger partial charge in [0, 0.05) is 51.9 Å². The third-order valence-corrected chi connectivity index (χ3v) is 6.13. The molecule has 156 valence electrons. The van der Waals surface area contributed by atoms with Crippen molar-refractivity contribution in [1.82, 2.24) is 14.7 Å². The molecule has 7 heteroatoms. The van der Waals surface area contributed by atoms with Gasteiger partial charge in [-0.1, -0.05) is 6.07 Å². The second-order valence-corrected chi connectivity index (χ2v) is 7.89. The van der Waals surface area contributed by atoms with E-state index in [0.717, 1.165) is 45.4 Å². The number of rotatable bonds is 6. The highest BCUT2D eigenvalue weighted by Gasteiger charge is 2.36. The van der Waals surface area contributed by atoms with Gasteiger partial charge in [-0.15, -0.1) is 0 Å². The summed E-state index contributed by atoms with van der Waals surface area (Å²) in [5.41, 5.74) is 0.0176. The Balaban J connectivity index is 1.74. The first kappa shape index (κ1) is 21.0. The van der Waals surface area contributed by atoms with Crippen LogP contribution in [-0.2, 0) is 0 Å². The number of amides is 1. The zero-order chi connectivity index (χ0) is 20.1. The van der Waals surface area contributed by atoms with E-state index in [1.54, 1.807) is 17.0 Å². The summed E-state index contributed by atoms with van der Waals surface area (Å²) in [5, 5.41) is 9.32. The molecule has 0 aromatic heterocycles. The Morgan fingerprint density at radius 2 is 2.00 bits per heavy atom. The maximum absolute atomic E-state index is 14.4. The summed E-state index contributed by atoms with van der Waals surface area (Å²) in [6.45, 7) is 5.53. The molecule has 0 bridgehead atoms. The van der Waals surface area contributed by atoms with Gasteiger partial charge >= 0.3 is 0 Å². The lowest BCUT2D eigenvalue weighted by atomic mass is 9.86. The lowest BCUT2D eigenvalue weighted by molar-refractivity contribution is 0.0214. The predicted molar refractivity (Wildman–Crippen MR) is 106 cm³/mol. The minimum atomic E-state index is -0.544. The molecule has 3 rings (SSSR count). The fraction of sp³-hybridized carbons (Fsp3) is 0.667. The summed E-state index contributed by atoms with van der Waals surface area (Å²) >= 11 is 0. The number of ether oxygens (including phenoxy) is 1. The standard InChI is InChI=1S/C21H32FN3O3/c1-23-10-12-24(13-11-23)18-8-9-25(15-16(18)5-4-14-26)21(27)20-17(22)6-3-7-19(20)28-2/h3,6-7,16,18,26H,4-5,8-15H2,1-2H3/t16-,18+/m1/s1. The summed E-state index contributed by atoms with van der Waals surface area (Å²) in [7, 11) is 3.60. The number of hydrogen-bond donors (Lipinski definition) is 1. The number of carbonyl (C=O) groups excluding carboxylic acids is 1. The van der Waals surface area contributed by atoms with Crippen molar-refractivity contribution in [1.29, 1.82) is 0 Å². The van der Waals surface area contributed by atoms with Crippen LogP contribution in [0.4, 0.5) is 4.39 Å². The number of aliphatic hydroxyl groups is 1. The van der Waals surface area contributed by atoms with Gasteiger partial charge in [0.15, 0.2) is 0 Å². The molecule has 2 aliphatic rings. The maximum atomic E-state index is 14.4. The number of hydrogen-bond acceptors (Lipinski definition) is 5. The van der Waals surface area contributed by atoms with Gasteiger partial charge in [0.25, 0.3) is 5.91 Å². The Hall–Kier alpha value is -1.70. The number of methoxy groups -OCH3 is 1. The van der Waals surface area contributed by atoms with E-state index in [4.69, 9.17) is 4.74 Å². The van der Waals surface area contributed by atoms with Crippen molar-refractivity contribution in [3.8, 4) is 5.75 Å². The minimum absolute atomic E-state index is 0.0176. The molecule has 0 saturated carbocycles. The van der Waals surface area contributed by atoms with Gasteiger partial charge in [0.2, 0.25) is 0 Å². The highest BCUT2D eigenvalue weighted by molar-refractivity contribution is 5.97. The molecule has 2 saturated heterocycles. The first-order valence-electron chi connectivity index (χ1n) is 10.2. The van der Waals surface area contributed by atoms with E-state index in [1.807, 2.05) is 0 Å². The summed E-state index contributed by atoms with van der Waals surface area (Å²) < 4.78 is 19.6. The zero-order valence-electron chi connectivity index (χ0n) is 16.9. The number of aliphatic hydroxyl groups excluding tert-OH is 1. The predicted octanol–water partition coefficient (Wildman–Crippen LogP) is 1.68. The number of piperidine rings is 1. The van der Waals surface area contributed by atoms with E-state index in [-0.39, 0.29) is 29.7 Å². The van der Waals surface area contributed by atoms with Crippen LogP contribution >= 0.6 is 0 Å². The summed E-state index contributed by atoms with van der Waals surface area (Å²) in [5.74, 6) is -0.289. The molecule has 2 aliphatic heterocycles. The molecule has 1 amide bonds. The Morgan fingerprint density at radius 3 is 2.68 bits per heavy atom. The normalized spacial score (nSPS) is 24.4. The van der Waals surface area contributed by atoms with Gasteiger partial charge in [0.05, 0.1) is 7.11 Å². The van der Waals surface area contributed by atoms with Crippen molar-refractivity contribution >= 4 is 5.91 Å². The molecule has 1 aromatic rings. The molecule has 0 unspecified atom stereocenters. The largest absolute Gasteiger partial charge is 0.496 e. The second kappa shape index (κ2) is 9.67. The number of halogens is 1. The topological polar surface area (TPSA) is 56.2 Å². The van der Waals surface area contributed by atoms with Crippen LogP contribution in [0.5, 0.6) is 5.75 Å². The van der Waals surface area contributed by atoms with Crippen molar-refractivity contribution in [3.05, 3.63) is 29.6 Å². The van der Waals surface area contributed by atoms with Crippen molar-refractivity contribution in [2.45, 2.75) is 25.3 Å². The van der Waals surface area contributed by atoms with Crippen LogP contribution in [0, 0.1) is 11.7 Å². The first-order chi connectivity index (χ1) is 13.5. The van der Waals surface area contributed by atoms with Gasteiger partial charge < -0.3 is 19.6 Å². The highest BCUT2D eigenvalue weighted by Crippen LogP contribution is 2.30. The Labute approximate surface area is 166 Å². The Bertz CT molecular complexity index is 664. The summed E-state index contributed by atoms with van der Waals surface area (Å²) in [4.78, 5) is 19.7. The molecule has 2 heterocycles. The number of benzene rings is 1. The number of piperazine rings is 1. The molecule has 0 aliphatic carbocycles. The Kier molecular flexibility index (Phi) is 7.26. The second-order valence-electron chi connectivity index (χ2n) is 7.89. The van der Waals surface area contributed by atoms with Crippen molar-refractivity contribution in [3.63, 3.8) is 0 Å². The van der Waals surface area contributed by atoms with Gasteiger partial charge in [-0.2, -0.15) is 0 Å². The monoisotopic (exact) mass is 393 g/mol. The molecule has 2 fully saturated rings. The van der Waals surface area contributed by atoms with Crippen LogP contribution in [0.15, 0.2) is 18.2 Å². The van der Waals surface area contributed by atoms with Gasteiger partial charge in [-0.25, -0.2) is 4.39 Å². The van der Waals surface area contributed by atoms with Crippen molar-refractivity contribution < 1.29 is 19.0 Å². The number of carbonyl (C=O) groups is 1. The van der Waals surface area contributed by atoms with E-state index in [2.05, 4.69) is 16.8 Å². The molecule has 1 N–H and O–H groups in total. The molecule has 6 nitrogen and oxygen atoms in total. The molecular formula is C21H32FN3O3. The third kappa shape index (κ3) is 4.64. The van der Waals surface area contributed by atoms with Gasteiger partial charge in [-0.3, -0.25) is 9.69 Å². The van der Waals surface area contributed by atoms with Gasteiger partial charge in [-0.05, 0) is 44.4 Å². The average molecular weight is 394 g/mol. The van der Waals surface area contributed by atoms with Crippen LogP contribution in [0.2, 0.25) is 0 Å². The molecule has 28 heavy (non-hydrogen) atoms. The van der Waals surface area contributed by atoms with E-state index < -0.39 is 5.82 Å². The highest BCUT2D eigenvalue weighted by atomic mass is 19.1. The third-order valence-electron chi connectivity index (χ3n) is 6.13. The van der Waals surface area contributed by atoms with E-state index in [1.165, 1.54) is 13.2 Å². The quantitative estimate of drug-likeness (QED) is 0.797. The maximum Gasteiger partial charge on any atom is 0.260 e. The fourth-order valence-corrected chi connectivity index (χ4v) is 4.52. The van der Waals surface area contributed by atoms with Crippen LogP contribution in [0.25, 0.3) is 0 Å². The average Bonchev–Trinajstić information content (AvgIpc) is 2.72. The van der Waals surface area contributed by atoms with Crippen LogP contribution in [-0.4, -0.2) is 91.8 Å². The van der Waals surface area contributed by atoms with Crippen molar-refractivity contribution in [2.75, 3.05) is 60.0 Å². The van der Waals surface area contributed by atoms with Crippen LogP contribution in [0.3, 0.4) is 0 Å². The number of likely N-dealkylation sites (tertiary alicyclic amines) is 1. The van der Waals surface area contributed by atoms with Crippen LogP contribution < -0.4 is 4.74 Å². The summed E-state index contributed by atoms with van der Waals surface area (Å²) in [6, 6.07) is 4.88. The van der Waals surface area contributed by atoms with Crippen LogP contribution in [0.1, 0.15) is 29.6 Å². The first-order valence-corrected chi connectivity index (χ1v) is 10.2. The van der Waals surface area contributed by atoms with E-state index in [0.29, 0.717) is 19.1 Å². The number of likely N-dealkylation sites (N-methyl/N-ethyl adjacent to an activating group) is 1. The van der Waals surface area contributed by atoms with Crippen molar-refractivity contribution in [2.24, 2.45) is 5.92 Å². The SMILES string of the molecule is COc1cccc(F)c1C(=O)N1CC[C@H](N2CCN(C)CC2)[C@H](CCCO)C1. The minimum Gasteiger partial charge on any atom is -0.496 e. The lowest BCUT2D eigenvalue weighted by Crippen LogP contribution is -2.57. The lowest BCUT2D eigenvalue weighted by Gasteiger charge is -2.46. The summed E-state index contributed by atoms with van der Waals surface area (Å²) in [6.07, 6.45) is 2.47. The van der Waals surface area contributed by atoms with E-state index >= 15 is 0 Å². The zero-order valence-corrected chi connectivity index (χ0v) is 16.9. The molecular weight excluding hydrogens is 361 g/mol. The smallest absolute Gasteiger partial charge is 0.260 e. The molecule has 2 atom stereocenters. The van der Waals surface area contributed by atoms with Gasteiger partial charge in [0.1, 0.15) is 17.1 Å². The molecule has 0 spiro atoms.